The number of hydrogen-bond donors (Lipinski definition) is 0. The van der Waals surface area contributed by atoms with Crippen LogP contribution in [0.4, 0.5) is 0 Å². The monoisotopic (exact) mass is 772 g/mol. The summed E-state index contributed by atoms with van der Waals surface area (Å²) in [7, 11) is 0. The van der Waals surface area contributed by atoms with Gasteiger partial charge in [-0.15, -0.1) is 0 Å². The predicted molar refractivity (Wildman–Crippen MR) is 247 cm³/mol. The van der Waals surface area contributed by atoms with E-state index < -0.39 is 0 Å². The number of benzene rings is 5. The van der Waals surface area contributed by atoms with Crippen molar-refractivity contribution in [3.05, 3.63) is 118 Å². The summed E-state index contributed by atoms with van der Waals surface area (Å²) in [4.78, 5) is 0. The summed E-state index contributed by atoms with van der Waals surface area (Å²) in [6.07, 6.45) is 15.5. The molecule has 1 heterocycles. The van der Waals surface area contributed by atoms with E-state index in [1.807, 2.05) is 0 Å². The van der Waals surface area contributed by atoms with Gasteiger partial charge in [0, 0.05) is 22.0 Å². The Labute approximate surface area is 347 Å². The molecule has 2 unspecified atom stereocenters. The zero-order chi connectivity index (χ0) is 39.9. The first kappa shape index (κ1) is 39.7. The van der Waals surface area contributed by atoms with Crippen molar-refractivity contribution in [2.45, 2.75) is 143 Å². The van der Waals surface area contributed by atoms with Crippen molar-refractivity contribution >= 4 is 22.8 Å². The van der Waals surface area contributed by atoms with E-state index in [1.165, 1.54) is 156 Å². The van der Waals surface area contributed by atoms with Crippen LogP contribution in [0.25, 0.3) is 55.5 Å². The van der Waals surface area contributed by atoms with Gasteiger partial charge < -0.3 is 0 Å². The molecule has 2 nitrogen and oxygen atoms in total. The minimum absolute atomic E-state index is 0.0649. The van der Waals surface area contributed by atoms with Crippen LogP contribution in [0.5, 0.6) is 0 Å². The first-order chi connectivity index (χ1) is 27.6. The Hall–Kier alpha value is -4.08. The molecule has 0 saturated heterocycles. The van der Waals surface area contributed by atoms with Gasteiger partial charge >= 0.3 is 0 Å². The smallest absolute Gasteiger partial charge is 0.113 e. The van der Waals surface area contributed by atoms with Gasteiger partial charge in [-0.05, 0) is 116 Å². The second kappa shape index (κ2) is 16.3. The standard InChI is InChI=1S/C54H64N2S/c1-9-13-15-35(11-3)17-19-37-21-25-43-45-27-23-39(33-49(45)53(5,6)47(43)31-37)41-29-30-42(52-51(41)55-57-56-52)40-24-28-46-44-26-22-38(20-18-36(12-4)16-14-10-2)32-48(44)54(7,8)50(46)34-40/h21-36H,9-20H2,1-8H3. The normalized spacial score (nSPS) is 15.6. The number of hydrogen-bond acceptors (Lipinski definition) is 3. The van der Waals surface area contributed by atoms with Crippen molar-refractivity contribution in [2.24, 2.45) is 11.8 Å². The highest BCUT2D eigenvalue weighted by Crippen LogP contribution is 2.52. The lowest BCUT2D eigenvalue weighted by Crippen LogP contribution is -2.15. The third-order valence-electron chi connectivity index (χ3n) is 14.3. The van der Waals surface area contributed by atoms with Gasteiger partial charge in [-0.3, -0.25) is 0 Å². The van der Waals surface area contributed by atoms with Crippen LogP contribution in [0.3, 0.4) is 0 Å². The van der Waals surface area contributed by atoms with Gasteiger partial charge in [0.25, 0.3) is 0 Å². The summed E-state index contributed by atoms with van der Waals surface area (Å²) in [5.41, 5.74) is 20.9. The van der Waals surface area contributed by atoms with Crippen LogP contribution in [-0.2, 0) is 23.7 Å². The molecular formula is C54H64N2S. The average molecular weight is 773 g/mol. The fraction of sp³-hybridized carbons (Fsp3) is 0.444. The van der Waals surface area contributed by atoms with Crippen molar-refractivity contribution in [3.63, 3.8) is 0 Å². The van der Waals surface area contributed by atoms with Crippen molar-refractivity contribution < 1.29 is 0 Å². The summed E-state index contributed by atoms with van der Waals surface area (Å²) in [6, 6.07) is 33.4. The number of rotatable bonds is 16. The van der Waals surface area contributed by atoms with E-state index in [0.717, 1.165) is 34.0 Å². The van der Waals surface area contributed by atoms with Gasteiger partial charge in [0.1, 0.15) is 11.0 Å². The number of fused-ring (bicyclic) bond motifs is 7. The molecule has 0 bridgehead atoms. The van der Waals surface area contributed by atoms with Crippen LogP contribution in [-0.4, -0.2) is 8.75 Å². The van der Waals surface area contributed by atoms with E-state index in [9.17, 15) is 0 Å². The van der Waals surface area contributed by atoms with E-state index >= 15 is 0 Å². The molecule has 8 rings (SSSR count). The fourth-order valence-electron chi connectivity index (χ4n) is 10.4. The zero-order valence-corrected chi connectivity index (χ0v) is 36.8. The van der Waals surface area contributed by atoms with Gasteiger partial charge in [0.15, 0.2) is 0 Å². The summed E-state index contributed by atoms with van der Waals surface area (Å²) in [6.45, 7) is 19.0. The molecule has 2 atom stereocenters. The summed E-state index contributed by atoms with van der Waals surface area (Å²) >= 11 is 1.33. The molecule has 1 aromatic heterocycles. The lowest BCUT2D eigenvalue weighted by Gasteiger charge is -2.23. The molecule has 296 valence electrons. The van der Waals surface area contributed by atoms with Gasteiger partial charge in [-0.1, -0.05) is 180 Å². The lowest BCUT2D eigenvalue weighted by molar-refractivity contribution is 0.422. The molecule has 0 amide bonds. The Morgan fingerprint density at radius 2 is 0.825 bits per heavy atom. The van der Waals surface area contributed by atoms with Crippen molar-refractivity contribution in [1.29, 1.82) is 0 Å². The summed E-state index contributed by atoms with van der Waals surface area (Å²) in [5.74, 6) is 1.66. The second-order valence-corrected chi connectivity index (χ2v) is 19.1. The van der Waals surface area contributed by atoms with E-state index in [0.29, 0.717) is 0 Å². The Balaban J connectivity index is 1.06. The van der Waals surface area contributed by atoms with E-state index in [4.69, 9.17) is 8.75 Å². The van der Waals surface area contributed by atoms with Gasteiger partial charge in [0.05, 0.1) is 11.7 Å². The topological polar surface area (TPSA) is 25.8 Å². The number of aryl methyl sites for hydroxylation is 2. The third-order valence-corrected chi connectivity index (χ3v) is 14.8. The molecule has 0 fully saturated rings. The molecule has 5 aromatic carbocycles. The van der Waals surface area contributed by atoms with Gasteiger partial charge in [-0.25, -0.2) is 0 Å². The molecular weight excluding hydrogens is 709 g/mol. The van der Waals surface area contributed by atoms with Crippen LogP contribution in [0, 0.1) is 11.8 Å². The highest BCUT2D eigenvalue weighted by atomic mass is 32.1. The maximum absolute atomic E-state index is 4.95. The largest absolute Gasteiger partial charge is 0.172 e. The van der Waals surface area contributed by atoms with Crippen molar-refractivity contribution in [2.75, 3.05) is 0 Å². The second-order valence-electron chi connectivity index (χ2n) is 18.6. The van der Waals surface area contributed by atoms with E-state index in [1.54, 1.807) is 0 Å². The zero-order valence-electron chi connectivity index (χ0n) is 36.0. The van der Waals surface area contributed by atoms with E-state index in [2.05, 4.69) is 140 Å². The minimum atomic E-state index is -0.0649. The molecule has 0 spiro atoms. The molecule has 0 radical (unpaired) electrons. The molecule has 0 N–H and O–H groups in total. The molecule has 2 aliphatic rings. The van der Waals surface area contributed by atoms with Gasteiger partial charge in [-0.2, -0.15) is 8.75 Å². The summed E-state index contributed by atoms with van der Waals surface area (Å²) < 4.78 is 9.90. The van der Waals surface area contributed by atoms with Crippen LogP contribution in [0.2, 0.25) is 0 Å². The maximum Gasteiger partial charge on any atom is 0.113 e. The Bertz CT molecular complexity index is 2230. The van der Waals surface area contributed by atoms with Gasteiger partial charge in [0.2, 0.25) is 0 Å². The van der Waals surface area contributed by atoms with Crippen LogP contribution in [0.15, 0.2) is 84.9 Å². The summed E-state index contributed by atoms with van der Waals surface area (Å²) in [5, 5.41) is 0. The minimum Gasteiger partial charge on any atom is -0.172 e. The van der Waals surface area contributed by atoms with Crippen LogP contribution in [0.1, 0.15) is 153 Å². The first-order valence-corrected chi connectivity index (χ1v) is 23.1. The quantitative estimate of drug-likeness (QED) is 0.0979. The van der Waals surface area contributed by atoms with Crippen LogP contribution >= 0.6 is 11.7 Å². The Kier molecular flexibility index (Phi) is 11.4. The SMILES string of the molecule is CCCCC(CC)CCc1ccc2c(c1)C(C)(C)c1cc(-c3ccc(-c4ccc5c(c4)C(C)(C)c4cc(CCC(CC)CCCC)ccc4-5)c4nsnc34)ccc1-2. The molecule has 6 aromatic rings. The lowest BCUT2D eigenvalue weighted by atomic mass is 9.80. The first-order valence-electron chi connectivity index (χ1n) is 22.4. The molecule has 0 saturated carbocycles. The average Bonchev–Trinajstić information content (AvgIpc) is 3.87. The molecule has 57 heavy (non-hydrogen) atoms. The molecule has 0 aliphatic heterocycles. The fourth-order valence-corrected chi connectivity index (χ4v) is 11.0. The van der Waals surface area contributed by atoms with Crippen LogP contribution < -0.4 is 0 Å². The highest BCUT2D eigenvalue weighted by Gasteiger charge is 2.37. The number of nitrogens with zero attached hydrogens (tertiary/aromatic N) is 2. The Morgan fingerprint density at radius 3 is 1.21 bits per heavy atom. The van der Waals surface area contributed by atoms with Crippen molar-refractivity contribution in [1.82, 2.24) is 8.75 Å². The predicted octanol–water partition coefficient (Wildman–Crippen LogP) is 15.9. The maximum atomic E-state index is 4.95. The number of unbranched alkanes of at least 4 members (excludes halogenated alkanes) is 2. The highest BCUT2D eigenvalue weighted by molar-refractivity contribution is 7.00. The van der Waals surface area contributed by atoms with Crippen molar-refractivity contribution in [3.8, 4) is 44.5 Å². The Morgan fingerprint density at radius 1 is 0.456 bits per heavy atom. The molecule has 2 aliphatic carbocycles. The van der Waals surface area contributed by atoms with E-state index in [-0.39, 0.29) is 10.8 Å². The number of aromatic nitrogens is 2. The third kappa shape index (κ3) is 7.32. The molecule has 3 heteroatoms.